The molecular formula is C22H25F3N4O2. The number of nitrogens with one attached hydrogen (secondary N) is 1. The summed E-state index contributed by atoms with van der Waals surface area (Å²) in [6.45, 7) is 1.74. The smallest absolute Gasteiger partial charge is 0.406 e. The summed E-state index contributed by atoms with van der Waals surface area (Å²) in [4.78, 5) is 22.9. The highest BCUT2D eigenvalue weighted by Gasteiger charge is 2.32. The maximum Gasteiger partial charge on any atom is 0.573 e. The van der Waals surface area contributed by atoms with Gasteiger partial charge < -0.3 is 15.0 Å². The number of carbonyl (C=O) groups is 1. The number of ether oxygens (including phenoxy) is 1. The van der Waals surface area contributed by atoms with Crippen molar-refractivity contribution in [3.8, 4) is 5.75 Å². The van der Waals surface area contributed by atoms with E-state index in [4.69, 9.17) is 0 Å². The number of aromatic nitrogens is 2. The molecule has 2 heterocycles. The lowest BCUT2D eigenvalue weighted by atomic mass is 10.1. The molecule has 9 heteroatoms. The maximum absolute atomic E-state index is 12.6. The third-order valence-corrected chi connectivity index (χ3v) is 5.51. The SMILES string of the molecule is O=C(c1cnc(NCc2cc(OC(F)(F)F)cc(C3CC3)c2)nc1)N1CCCCCC1. The second kappa shape index (κ2) is 9.11. The van der Waals surface area contributed by atoms with Crippen LogP contribution in [0.2, 0.25) is 0 Å². The van der Waals surface area contributed by atoms with E-state index < -0.39 is 6.36 Å². The lowest BCUT2D eigenvalue weighted by Crippen LogP contribution is -2.32. The van der Waals surface area contributed by atoms with Gasteiger partial charge in [0.15, 0.2) is 0 Å². The van der Waals surface area contributed by atoms with Gasteiger partial charge in [0.05, 0.1) is 5.56 Å². The first-order valence-electron chi connectivity index (χ1n) is 10.6. The predicted molar refractivity (Wildman–Crippen MR) is 109 cm³/mol. The van der Waals surface area contributed by atoms with E-state index in [1.165, 1.54) is 24.5 Å². The molecule has 31 heavy (non-hydrogen) atoms. The maximum atomic E-state index is 12.6. The van der Waals surface area contributed by atoms with Crippen molar-refractivity contribution in [1.29, 1.82) is 0 Å². The van der Waals surface area contributed by atoms with E-state index in [0.717, 1.165) is 57.2 Å². The number of hydrogen-bond acceptors (Lipinski definition) is 5. The molecule has 1 amide bonds. The van der Waals surface area contributed by atoms with Crippen molar-refractivity contribution in [3.05, 3.63) is 47.3 Å². The van der Waals surface area contributed by atoms with Crippen LogP contribution in [0, 0.1) is 0 Å². The van der Waals surface area contributed by atoms with Crippen LogP contribution in [0.15, 0.2) is 30.6 Å². The van der Waals surface area contributed by atoms with E-state index in [2.05, 4.69) is 20.0 Å². The molecule has 1 aliphatic heterocycles. The Balaban J connectivity index is 1.40. The Hall–Kier alpha value is -2.84. The first kappa shape index (κ1) is 21.4. The molecular weight excluding hydrogens is 409 g/mol. The summed E-state index contributed by atoms with van der Waals surface area (Å²) < 4.78 is 42.1. The standard InChI is InChI=1S/C22H25F3N4O2/c23-22(24,25)31-19-10-15(9-17(11-19)16-5-6-16)12-26-21-27-13-18(14-28-21)20(30)29-7-3-1-2-4-8-29/h9-11,13-14,16H,1-8,12H2,(H,26,27,28). The van der Waals surface area contributed by atoms with Crippen LogP contribution in [0.4, 0.5) is 19.1 Å². The van der Waals surface area contributed by atoms with E-state index in [0.29, 0.717) is 17.1 Å². The number of hydrogen-bond donors (Lipinski definition) is 1. The predicted octanol–water partition coefficient (Wildman–Crippen LogP) is 4.88. The van der Waals surface area contributed by atoms with Crippen LogP contribution in [-0.2, 0) is 6.54 Å². The molecule has 0 radical (unpaired) electrons. The second-order valence-electron chi connectivity index (χ2n) is 8.09. The first-order valence-corrected chi connectivity index (χ1v) is 10.6. The molecule has 6 nitrogen and oxygen atoms in total. The average molecular weight is 434 g/mol. The van der Waals surface area contributed by atoms with Gasteiger partial charge in [0.1, 0.15) is 5.75 Å². The monoisotopic (exact) mass is 434 g/mol. The molecule has 1 saturated heterocycles. The minimum absolute atomic E-state index is 0.0699. The Kier molecular flexibility index (Phi) is 6.29. The van der Waals surface area contributed by atoms with E-state index >= 15 is 0 Å². The molecule has 166 valence electrons. The topological polar surface area (TPSA) is 67.3 Å². The largest absolute Gasteiger partial charge is 0.573 e. The summed E-state index contributed by atoms with van der Waals surface area (Å²) >= 11 is 0. The summed E-state index contributed by atoms with van der Waals surface area (Å²) in [5.41, 5.74) is 1.93. The van der Waals surface area contributed by atoms with Crippen molar-refractivity contribution >= 4 is 11.9 Å². The fourth-order valence-electron chi connectivity index (χ4n) is 3.80. The van der Waals surface area contributed by atoms with Gasteiger partial charge in [-0.05, 0) is 54.9 Å². The Bertz CT molecular complexity index is 906. The second-order valence-corrected chi connectivity index (χ2v) is 8.09. The molecule has 0 atom stereocenters. The molecule has 1 aliphatic carbocycles. The van der Waals surface area contributed by atoms with Gasteiger partial charge in [0, 0.05) is 32.0 Å². The number of likely N-dealkylation sites (tertiary alicyclic amines) is 1. The molecule has 0 spiro atoms. The molecule has 4 rings (SSSR count). The number of anilines is 1. The third-order valence-electron chi connectivity index (χ3n) is 5.51. The number of nitrogens with zero attached hydrogens (tertiary/aromatic N) is 3. The summed E-state index contributed by atoms with van der Waals surface area (Å²) in [5, 5.41) is 3.01. The van der Waals surface area contributed by atoms with Gasteiger partial charge in [-0.1, -0.05) is 18.9 Å². The molecule has 2 aliphatic rings. The summed E-state index contributed by atoms with van der Waals surface area (Å²) in [6, 6.07) is 4.70. The number of alkyl halides is 3. The fraction of sp³-hybridized carbons (Fsp3) is 0.500. The van der Waals surface area contributed by atoms with Crippen LogP contribution in [0.3, 0.4) is 0 Å². The van der Waals surface area contributed by atoms with E-state index in [1.807, 2.05) is 11.0 Å². The molecule has 1 aromatic heterocycles. The quantitative estimate of drug-likeness (QED) is 0.702. The lowest BCUT2D eigenvalue weighted by Gasteiger charge is -2.20. The van der Waals surface area contributed by atoms with E-state index in [-0.39, 0.29) is 24.1 Å². The minimum Gasteiger partial charge on any atom is -0.406 e. The zero-order chi connectivity index (χ0) is 21.8. The van der Waals surface area contributed by atoms with E-state index in [1.54, 1.807) is 0 Å². The number of rotatable bonds is 6. The highest BCUT2D eigenvalue weighted by Crippen LogP contribution is 2.42. The number of halogens is 3. The molecule has 0 bridgehead atoms. The zero-order valence-corrected chi connectivity index (χ0v) is 17.1. The highest BCUT2D eigenvalue weighted by atomic mass is 19.4. The minimum atomic E-state index is -4.73. The Labute approximate surface area is 178 Å². The van der Waals surface area contributed by atoms with Gasteiger partial charge >= 0.3 is 6.36 Å². The summed E-state index contributed by atoms with van der Waals surface area (Å²) in [5.74, 6) is 0.311. The van der Waals surface area contributed by atoms with Gasteiger partial charge in [-0.2, -0.15) is 0 Å². The molecule has 1 saturated carbocycles. The van der Waals surface area contributed by atoms with Gasteiger partial charge in [-0.25, -0.2) is 9.97 Å². The van der Waals surface area contributed by atoms with Crippen LogP contribution in [0.1, 0.15) is 65.9 Å². The van der Waals surface area contributed by atoms with Crippen LogP contribution >= 0.6 is 0 Å². The molecule has 1 aromatic carbocycles. The van der Waals surface area contributed by atoms with Gasteiger partial charge in [-0.15, -0.1) is 13.2 Å². The average Bonchev–Trinajstić information content (AvgIpc) is 3.58. The van der Waals surface area contributed by atoms with Crippen molar-refractivity contribution in [3.63, 3.8) is 0 Å². The Morgan fingerprint density at radius 3 is 2.35 bits per heavy atom. The normalized spacial score (nSPS) is 17.2. The molecule has 2 aromatic rings. The van der Waals surface area contributed by atoms with Crippen molar-refractivity contribution < 1.29 is 22.7 Å². The van der Waals surface area contributed by atoms with Crippen LogP contribution in [0.25, 0.3) is 0 Å². The molecule has 0 unspecified atom stereocenters. The Morgan fingerprint density at radius 2 is 1.74 bits per heavy atom. The van der Waals surface area contributed by atoms with Crippen molar-refractivity contribution in [2.45, 2.75) is 57.3 Å². The van der Waals surface area contributed by atoms with Crippen LogP contribution < -0.4 is 10.1 Å². The number of carbonyl (C=O) groups excluding carboxylic acids is 1. The van der Waals surface area contributed by atoms with Crippen molar-refractivity contribution in [2.75, 3.05) is 18.4 Å². The summed E-state index contributed by atoms with van der Waals surface area (Å²) in [6.07, 6.45) is 4.48. The fourth-order valence-corrected chi connectivity index (χ4v) is 3.80. The first-order chi connectivity index (χ1) is 14.9. The van der Waals surface area contributed by atoms with Gasteiger partial charge in [0.2, 0.25) is 5.95 Å². The number of amides is 1. The van der Waals surface area contributed by atoms with Crippen LogP contribution in [0.5, 0.6) is 5.75 Å². The number of benzene rings is 1. The lowest BCUT2D eigenvalue weighted by molar-refractivity contribution is -0.274. The van der Waals surface area contributed by atoms with Crippen LogP contribution in [-0.4, -0.2) is 40.2 Å². The van der Waals surface area contributed by atoms with Crippen molar-refractivity contribution in [1.82, 2.24) is 14.9 Å². The van der Waals surface area contributed by atoms with Gasteiger partial charge in [0.25, 0.3) is 5.91 Å². The Morgan fingerprint density at radius 1 is 1.06 bits per heavy atom. The summed E-state index contributed by atoms with van der Waals surface area (Å²) in [7, 11) is 0. The third kappa shape index (κ3) is 6.08. The van der Waals surface area contributed by atoms with E-state index in [9.17, 15) is 18.0 Å². The highest BCUT2D eigenvalue weighted by molar-refractivity contribution is 5.93. The van der Waals surface area contributed by atoms with Gasteiger partial charge in [-0.3, -0.25) is 4.79 Å². The zero-order valence-electron chi connectivity index (χ0n) is 17.1. The molecule has 1 N–H and O–H groups in total. The molecule has 2 fully saturated rings. The van der Waals surface area contributed by atoms with Crippen molar-refractivity contribution in [2.24, 2.45) is 0 Å².